The van der Waals surface area contributed by atoms with Crippen LogP contribution in [0.3, 0.4) is 0 Å². The Kier molecular flexibility index (Phi) is 6.27. The van der Waals surface area contributed by atoms with Gasteiger partial charge >= 0.3 is 0 Å². The van der Waals surface area contributed by atoms with Gasteiger partial charge in [0.05, 0.1) is 5.56 Å². The van der Waals surface area contributed by atoms with Crippen molar-refractivity contribution in [1.82, 2.24) is 0 Å². The van der Waals surface area contributed by atoms with Crippen molar-refractivity contribution in [1.29, 1.82) is 0 Å². The summed E-state index contributed by atoms with van der Waals surface area (Å²) in [5, 5.41) is 0. The number of carbonyl (C=O) groups excluding carboxylic acids is 1. The van der Waals surface area contributed by atoms with Crippen LogP contribution in [0.1, 0.15) is 49.0 Å². The van der Waals surface area contributed by atoms with Gasteiger partial charge in [-0.3, -0.25) is 4.79 Å². The smallest absolute Gasteiger partial charge is 0.168 e. The molecular formula is C16H23F2NO. The van der Waals surface area contributed by atoms with Gasteiger partial charge in [0.1, 0.15) is 11.6 Å². The van der Waals surface area contributed by atoms with Crippen LogP contribution in [-0.2, 0) is 0 Å². The fourth-order valence-corrected chi connectivity index (χ4v) is 2.38. The molecule has 0 aliphatic carbocycles. The highest BCUT2D eigenvalue weighted by atomic mass is 19.1. The zero-order valence-corrected chi connectivity index (χ0v) is 12.4. The minimum absolute atomic E-state index is 0.153. The van der Waals surface area contributed by atoms with Gasteiger partial charge in [-0.25, -0.2) is 8.78 Å². The molecule has 4 heteroatoms. The van der Waals surface area contributed by atoms with Crippen molar-refractivity contribution in [2.45, 2.75) is 40.0 Å². The van der Waals surface area contributed by atoms with E-state index in [4.69, 9.17) is 5.73 Å². The highest BCUT2D eigenvalue weighted by molar-refractivity contribution is 5.96. The van der Waals surface area contributed by atoms with Crippen LogP contribution in [0.15, 0.2) is 12.1 Å². The van der Waals surface area contributed by atoms with E-state index < -0.39 is 23.0 Å². The van der Waals surface area contributed by atoms with Gasteiger partial charge in [0.15, 0.2) is 5.78 Å². The van der Waals surface area contributed by atoms with Crippen LogP contribution in [0.5, 0.6) is 0 Å². The Balaban J connectivity index is 2.79. The van der Waals surface area contributed by atoms with Gasteiger partial charge in [-0.2, -0.15) is 0 Å². The van der Waals surface area contributed by atoms with Crippen LogP contribution in [0, 0.1) is 30.4 Å². The molecule has 0 aliphatic heterocycles. The lowest BCUT2D eigenvalue weighted by Crippen LogP contribution is -2.16. The summed E-state index contributed by atoms with van der Waals surface area (Å²) in [6.45, 7) is 6.22. The second-order valence-corrected chi connectivity index (χ2v) is 5.60. The van der Waals surface area contributed by atoms with E-state index in [2.05, 4.69) is 13.8 Å². The Morgan fingerprint density at radius 1 is 1.25 bits per heavy atom. The first-order chi connectivity index (χ1) is 9.38. The highest BCUT2D eigenvalue weighted by Crippen LogP contribution is 2.24. The molecule has 0 aromatic heterocycles. The van der Waals surface area contributed by atoms with Gasteiger partial charge in [-0.05, 0) is 49.8 Å². The lowest BCUT2D eigenvalue weighted by atomic mass is 9.87. The number of carbonyl (C=O) groups is 1. The number of nitrogens with two attached hydrogens (primary N) is 1. The van der Waals surface area contributed by atoms with Crippen molar-refractivity contribution in [3.63, 3.8) is 0 Å². The van der Waals surface area contributed by atoms with Crippen LogP contribution in [-0.4, -0.2) is 12.3 Å². The van der Waals surface area contributed by atoms with E-state index in [1.54, 1.807) is 0 Å². The number of ketones is 1. The zero-order valence-electron chi connectivity index (χ0n) is 12.4. The number of hydrogen-bond donors (Lipinski definition) is 1. The number of halogens is 2. The minimum Gasteiger partial charge on any atom is -0.330 e. The first kappa shape index (κ1) is 16.8. The van der Waals surface area contributed by atoms with Gasteiger partial charge in [-0.15, -0.1) is 0 Å². The molecule has 1 unspecified atom stereocenters. The maximum atomic E-state index is 13.9. The van der Waals surface area contributed by atoms with E-state index in [9.17, 15) is 13.6 Å². The van der Waals surface area contributed by atoms with Crippen molar-refractivity contribution in [3.8, 4) is 0 Å². The van der Waals surface area contributed by atoms with Gasteiger partial charge in [-0.1, -0.05) is 19.9 Å². The summed E-state index contributed by atoms with van der Waals surface area (Å²) in [6, 6.07) is 2.48. The van der Waals surface area contributed by atoms with Gasteiger partial charge in [0.2, 0.25) is 0 Å². The first-order valence-electron chi connectivity index (χ1n) is 7.06. The zero-order chi connectivity index (χ0) is 15.3. The second-order valence-electron chi connectivity index (χ2n) is 5.60. The molecule has 0 amide bonds. The fourth-order valence-electron chi connectivity index (χ4n) is 2.38. The third-order valence-corrected chi connectivity index (χ3v) is 3.79. The summed E-state index contributed by atoms with van der Waals surface area (Å²) in [7, 11) is 0. The molecule has 0 fully saturated rings. The van der Waals surface area contributed by atoms with E-state index in [1.807, 2.05) is 0 Å². The number of Topliss-reactive ketones (excluding diaryl/α,β-unsaturated/α-hetero) is 1. The third-order valence-electron chi connectivity index (χ3n) is 3.79. The molecule has 20 heavy (non-hydrogen) atoms. The lowest BCUT2D eigenvalue weighted by molar-refractivity contribution is 0.0960. The van der Waals surface area contributed by atoms with Crippen molar-refractivity contribution in [3.05, 3.63) is 34.9 Å². The predicted octanol–water partition coefficient (Wildman–Crippen LogP) is 3.86. The molecule has 2 N–H and O–H groups in total. The topological polar surface area (TPSA) is 43.1 Å². The van der Waals surface area contributed by atoms with E-state index in [-0.39, 0.29) is 12.0 Å². The van der Waals surface area contributed by atoms with Gasteiger partial charge in [0.25, 0.3) is 0 Å². The number of rotatable bonds is 7. The van der Waals surface area contributed by atoms with Crippen molar-refractivity contribution < 1.29 is 13.6 Å². The van der Waals surface area contributed by atoms with E-state index in [0.29, 0.717) is 24.8 Å². The van der Waals surface area contributed by atoms with E-state index >= 15 is 0 Å². The minimum atomic E-state index is -0.780. The van der Waals surface area contributed by atoms with Crippen molar-refractivity contribution in [2.24, 2.45) is 17.6 Å². The quantitative estimate of drug-likeness (QED) is 0.772. The Hall–Kier alpha value is -1.29. The summed E-state index contributed by atoms with van der Waals surface area (Å²) in [5.41, 5.74) is 5.43. The maximum Gasteiger partial charge on any atom is 0.168 e. The Bertz CT molecular complexity index is 472. The average Bonchev–Trinajstić information content (AvgIpc) is 2.39. The van der Waals surface area contributed by atoms with Crippen LogP contribution in [0.25, 0.3) is 0 Å². The molecule has 0 radical (unpaired) electrons. The normalized spacial score (nSPS) is 12.8. The standard InChI is InChI=1S/C16H23F2NO/c1-10(2)12(8-9-19)5-7-14(20)15-13(17)6-4-11(3)16(15)18/h4,6,10,12H,5,7-9,19H2,1-3H3. The Morgan fingerprint density at radius 2 is 1.90 bits per heavy atom. The fraction of sp³-hybridized carbons (Fsp3) is 0.562. The SMILES string of the molecule is Cc1ccc(F)c(C(=O)CCC(CCN)C(C)C)c1F. The van der Waals surface area contributed by atoms with E-state index in [0.717, 1.165) is 12.5 Å². The molecule has 0 saturated carbocycles. The van der Waals surface area contributed by atoms with Crippen molar-refractivity contribution >= 4 is 5.78 Å². The molecular weight excluding hydrogens is 260 g/mol. The van der Waals surface area contributed by atoms with Crippen LogP contribution in [0.4, 0.5) is 8.78 Å². The average molecular weight is 283 g/mol. The number of benzene rings is 1. The molecule has 0 saturated heterocycles. The third kappa shape index (κ3) is 4.10. The molecule has 1 aromatic carbocycles. The molecule has 0 aliphatic rings. The van der Waals surface area contributed by atoms with Gasteiger partial charge < -0.3 is 5.73 Å². The maximum absolute atomic E-state index is 13.9. The number of aryl methyl sites for hydroxylation is 1. The molecule has 1 rings (SSSR count). The highest BCUT2D eigenvalue weighted by Gasteiger charge is 2.21. The molecule has 0 heterocycles. The molecule has 2 nitrogen and oxygen atoms in total. The predicted molar refractivity (Wildman–Crippen MR) is 76.7 cm³/mol. The second kappa shape index (κ2) is 7.48. The lowest BCUT2D eigenvalue weighted by Gasteiger charge is -2.19. The molecule has 1 aromatic rings. The van der Waals surface area contributed by atoms with Crippen LogP contribution in [0.2, 0.25) is 0 Å². The van der Waals surface area contributed by atoms with Crippen LogP contribution >= 0.6 is 0 Å². The van der Waals surface area contributed by atoms with E-state index in [1.165, 1.54) is 13.0 Å². The van der Waals surface area contributed by atoms with Crippen molar-refractivity contribution in [2.75, 3.05) is 6.54 Å². The summed E-state index contributed by atoms with van der Waals surface area (Å²) < 4.78 is 27.5. The molecule has 0 spiro atoms. The first-order valence-corrected chi connectivity index (χ1v) is 7.06. The summed E-state index contributed by atoms with van der Waals surface area (Å²) >= 11 is 0. The van der Waals surface area contributed by atoms with Gasteiger partial charge in [0, 0.05) is 6.42 Å². The Labute approximate surface area is 119 Å². The summed E-state index contributed by atoms with van der Waals surface area (Å²) in [5.74, 6) is -1.28. The molecule has 112 valence electrons. The molecule has 1 atom stereocenters. The molecule has 0 bridgehead atoms. The monoisotopic (exact) mass is 283 g/mol. The largest absolute Gasteiger partial charge is 0.330 e. The Morgan fingerprint density at radius 3 is 2.45 bits per heavy atom. The number of hydrogen-bond acceptors (Lipinski definition) is 2. The van der Waals surface area contributed by atoms with Crippen LogP contribution < -0.4 is 5.73 Å². The summed E-state index contributed by atoms with van der Waals surface area (Å²) in [6.07, 6.45) is 1.59. The summed E-state index contributed by atoms with van der Waals surface area (Å²) in [4.78, 5) is 12.1.